The van der Waals surface area contributed by atoms with Crippen molar-refractivity contribution in [2.75, 3.05) is 24.7 Å². The van der Waals surface area contributed by atoms with Crippen molar-refractivity contribution < 1.29 is 9.53 Å². The van der Waals surface area contributed by atoms with E-state index in [0.717, 1.165) is 23.7 Å². The summed E-state index contributed by atoms with van der Waals surface area (Å²) in [5.74, 6) is 0.508. The maximum Gasteiger partial charge on any atom is 0.340 e. The van der Waals surface area contributed by atoms with E-state index in [4.69, 9.17) is 10.5 Å². The molecule has 0 aromatic heterocycles. The molecule has 98 valence electrons. The molecule has 0 unspecified atom stereocenters. The number of esters is 1. The van der Waals surface area contributed by atoms with Crippen LogP contribution >= 0.6 is 0 Å². The van der Waals surface area contributed by atoms with Crippen molar-refractivity contribution in [3.8, 4) is 0 Å². The first-order chi connectivity index (χ1) is 8.61. The highest BCUT2D eigenvalue weighted by Crippen LogP contribution is 2.32. The van der Waals surface area contributed by atoms with Crippen LogP contribution in [-0.4, -0.2) is 19.6 Å². The standard InChI is InChI=1S/C14H20N2O2/c1-9-7-11(16-6-5-10-3-4-10)8-12(13(9)15)14(17)18-2/h7-8,10,16H,3-6,15H2,1-2H3. The van der Waals surface area contributed by atoms with Crippen LogP contribution in [0, 0.1) is 12.8 Å². The molecular formula is C14H20N2O2. The molecule has 18 heavy (non-hydrogen) atoms. The number of nitrogen functional groups attached to an aromatic ring is 1. The second-order valence-electron chi connectivity index (χ2n) is 4.90. The fraction of sp³-hybridized carbons (Fsp3) is 0.500. The van der Waals surface area contributed by atoms with Gasteiger partial charge in [-0.25, -0.2) is 4.79 Å². The average molecular weight is 248 g/mol. The number of ether oxygens (including phenoxy) is 1. The van der Waals surface area contributed by atoms with Gasteiger partial charge in [0.2, 0.25) is 0 Å². The molecule has 0 aliphatic heterocycles. The Balaban J connectivity index is 2.09. The number of benzene rings is 1. The van der Waals surface area contributed by atoms with Crippen molar-refractivity contribution in [1.29, 1.82) is 0 Å². The molecule has 3 N–H and O–H groups in total. The van der Waals surface area contributed by atoms with Gasteiger partial charge in [-0.2, -0.15) is 0 Å². The summed E-state index contributed by atoms with van der Waals surface area (Å²) in [6, 6.07) is 3.73. The summed E-state index contributed by atoms with van der Waals surface area (Å²) in [5, 5.41) is 3.34. The fourth-order valence-electron chi connectivity index (χ4n) is 2.01. The minimum absolute atomic E-state index is 0.388. The molecule has 0 radical (unpaired) electrons. The van der Waals surface area contributed by atoms with Crippen molar-refractivity contribution >= 4 is 17.3 Å². The van der Waals surface area contributed by atoms with E-state index in [-0.39, 0.29) is 5.97 Å². The third-order valence-corrected chi connectivity index (χ3v) is 3.37. The predicted octanol–water partition coefficient (Wildman–Crippen LogP) is 2.58. The first-order valence-corrected chi connectivity index (χ1v) is 6.34. The summed E-state index contributed by atoms with van der Waals surface area (Å²) in [6.45, 7) is 2.84. The van der Waals surface area contributed by atoms with Gasteiger partial charge < -0.3 is 15.8 Å². The Bertz CT molecular complexity index is 453. The molecule has 0 spiro atoms. The number of carbonyl (C=O) groups excluding carboxylic acids is 1. The second kappa shape index (κ2) is 5.29. The molecule has 0 heterocycles. The number of rotatable bonds is 5. The molecule has 0 bridgehead atoms. The van der Waals surface area contributed by atoms with Crippen molar-refractivity contribution in [3.63, 3.8) is 0 Å². The van der Waals surface area contributed by atoms with Crippen LogP contribution in [0.25, 0.3) is 0 Å². The van der Waals surface area contributed by atoms with E-state index in [1.54, 1.807) is 6.07 Å². The Morgan fingerprint density at radius 1 is 1.50 bits per heavy atom. The number of nitrogens with two attached hydrogens (primary N) is 1. The predicted molar refractivity (Wildman–Crippen MR) is 72.8 cm³/mol. The smallest absolute Gasteiger partial charge is 0.340 e. The first kappa shape index (κ1) is 12.7. The van der Waals surface area contributed by atoms with E-state index >= 15 is 0 Å². The lowest BCUT2D eigenvalue weighted by atomic mass is 10.1. The largest absolute Gasteiger partial charge is 0.465 e. The van der Waals surface area contributed by atoms with Gasteiger partial charge in [-0.3, -0.25) is 0 Å². The lowest BCUT2D eigenvalue weighted by molar-refractivity contribution is 0.0602. The molecule has 1 fully saturated rings. The van der Waals surface area contributed by atoms with E-state index in [1.807, 2.05) is 13.0 Å². The van der Waals surface area contributed by atoms with E-state index in [2.05, 4.69) is 5.32 Å². The maximum atomic E-state index is 11.6. The highest BCUT2D eigenvalue weighted by molar-refractivity contribution is 5.97. The van der Waals surface area contributed by atoms with E-state index < -0.39 is 0 Å². The summed E-state index contributed by atoms with van der Waals surface area (Å²) in [7, 11) is 1.37. The molecule has 1 saturated carbocycles. The minimum atomic E-state index is -0.388. The minimum Gasteiger partial charge on any atom is -0.465 e. The third kappa shape index (κ3) is 2.94. The summed E-state index contributed by atoms with van der Waals surface area (Å²) in [6.07, 6.45) is 3.91. The normalized spacial score (nSPS) is 14.3. The van der Waals surface area contributed by atoms with Gasteiger partial charge in [-0.05, 0) is 37.0 Å². The van der Waals surface area contributed by atoms with Crippen LogP contribution in [0.2, 0.25) is 0 Å². The highest BCUT2D eigenvalue weighted by atomic mass is 16.5. The zero-order valence-corrected chi connectivity index (χ0v) is 11.0. The van der Waals surface area contributed by atoms with Crippen LogP contribution in [-0.2, 0) is 4.74 Å². The molecule has 0 amide bonds. The number of hydrogen-bond donors (Lipinski definition) is 2. The molecular weight excluding hydrogens is 228 g/mol. The van der Waals surface area contributed by atoms with Crippen LogP contribution in [0.4, 0.5) is 11.4 Å². The van der Waals surface area contributed by atoms with Gasteiger partial charge in [0.05, 0.1) is 12.7 Å². The van der Waals surface area contributed by atoms with E-state index in [1.165, 1.54) is 26.4 Å². The number of aryl methyl sites for hydroxylation is 1. The van der Waals surface area contributed by atoms with Crippen molar-refractivity contribution in [2.24, 2.45) is 5.92 Å². The Hall–Kier alpha value is -1.71. The van der Waals surface area contributed by atoms with Crippen LogP contribution in [0.5, 0.6) is 0 Å². The monoisotopic (exact) mass is 248 g/mol. The molecule has 4 heteroatoms. The third-order valence-electron chi connectivity index (χ3n) is 3.37. The Kier molecular flexibility index (Phi) is 3.75. The number of nitrogens with one attached hydrogen (secondary N) is 1. The summed E-state index contributed by atoms with van der Waals surface area (Å²) in [5.41, 5.74) is 8.65. The van der Waals surface area contributed by atoms with Gasteiger partial charge >= 0.3 is 5.97 Å². The van der Waals surface area contributed by atoms with Crippen LogP contribution in [0.3, 0.4) is 0 Å². The Morgan fingerprint density at radius 3 is 2.83 bits per heavy atom. The van der Waals surface area contributed by atoms with Crippen molar-refractivity contribution in [3.05, 3.63) is 23.3 Å². The Labute approximate surface area is 108 Å². The van der Waals surface area contributed by atoms with Gasteiger partial charge in [-0.1, -0.05) is 12.8 Å². The SMILES string of the molecule is COC(=O)c1cc(NCCC2CC2)cc(C)c1N. The zero-order chi connectivity index (χ0) is 13.1. The van der Waals surface area contributed by atoms with Crippen LogP contribution in [0.1, 0.15) is 35.2 Å². The van der Waals surface area contributed by atoms with Gasteiger partial charge in [0.25, 0.3) is 0 Å². The van der Waals surface area contributed by atoms with Gasteiger partial charge in [-0.15, -0.1) is 0 Å². The molecule has 0 atom stereocenters. The Morgan fingerprint density at radius 2 is 2.22 bits per heavy atom. The highest BCUT2D eigenvalue weighted by Gasteiger charge is 2.20. The number of anilines is 2. The summed E-state index contributed by atoms with van der Waals surface area (Å²) < 4.78 is 4.73. The molecule has 1 aromatic carbocycles. The van der Waals surface area contributed by atoms with Crippen molar-refractivity contribution in [2.45, 2.75) is 26.2 Å². The quantitative estimate of drug-likeness (QED) is 0.621. The summed E-state index contributed by atoms with van der Waals surface area (Å²) in [4.78, 5) is 11.6. The fourth-order valence-corrected chi connectivity index (χ4v) is 2.01. The molecule has 0 saturated heterocycles. The zero-order valence-electron chi connectivity index (χ0n) is 11.0. The maximum absolute atomic E-state index is 11.6. The average Bonchev–Trinajstić information content (AvgIpc) is 3.16. The van der Waals surface area contributed by atoms with Crippen molar-refractivity contribution in [1.82, 2.24) is 0 Å². The van der Waals surface area contributed by atoms with Gasteiger partial charge in [0.15, 0.2) is 0 Å². The topological polar surface area (TPSA) is 64.3 Å². The molecule has 1 aromatic rings. The molecule has 1 aliphatic rings. The number of methoxy groups -OCH3 is 1. The number of hydrogen-bond acceptors (Lipinski definition) is 4. The van der Waals surface area contributed by atoms with Crippen LogP contribution in [0.15, 0.2) is 12.1 Å². The van der Waals surface area contributed by atoms with E-state index in [9.17, 15) is 4.79 Å². The lowest BCUT2D eigenvalue weighted by Crippen LogP contribution is -2.09. The van der Waals surface area contributed by atoms with Crippen LogP contribution < -0.4 is 11.1 Å². The molecule has 2 rings (SSSR count). The lowest BCUT2D eigenvalue weighted by Gasteiger charge is -2.12. The molecule has 1 aliphatic carbocycles. The second-order valence-corrected chi connectivity index (χ2v) is 4.90. The van der Waals surface area contributed by atoms with E-state index in [0.29, 0.717) is 11.3 Å². The van der Waals surface area contributed by atoms with Gasteiger partial charge in [0.1, 0.15) is 0 Å². The first-order valence-electron chi connectivity index (χ1n) is 6.34. The number of carbonyl (C=O) groups is 1. The summed E-state index contributed by atoms with van der Waals surface area (Å²) >= 11 is 0. The van der Waals surface area contributed by atoms with Gasteiger partial charge in [0, 0.05) is 17.9 Å². The molecule has 4 nitrogen and oxygen atoms in total.